The number of para-hydroxylation sites is 3. The van der Waals surface area contributed by atoms with Gasteiger partial charge >= 0.3 is 7.12 Å². The molecule has 8 rings (SSSR count). The van der Waals surface area contributed by atoms with Crippen molar-refractivity contribution in [1.82, 2.24) is 0 Å². The second kappa shape index (κ2) is 8.45. The van der Waals surface area contributed by atoms with Gasteiger partial charge in [0.25, 0.3) is 0 Å². The van der Waals surface area contributed by atoms with Crippen LogP contribution in [0, 0.1) is 0 Å². The van der Waals surface area contributed by atoms with Gasteiger partial charge in [-0.1, -0.05) is 97.1 Å². The van der Waals surface area contributed by atoms with Gasteiger partial charge in [0.1, 0.15) is 0 Å². The van der Waals surface area contributed by atoms with Gasteiger partial charge in [-0.15, -0.1) is 0 Å². The zero-order chi connectivity index (χ0) is 28.0. The Kier molecular flexibility index (Phi) is 5.08. The smallest absolute Gasteiger partial charge is 0.399 e. The summed E-state index contributed by atoms with van der Waals surface area (Å²) >= 11 is 0. The standard InChI is InChI=1S/C37H32BNO2/c1-35(2)36(3,4)41-38(40-35)25-22-23-30-28(24-25)27-16-8-9-17-29(27)37(30)31-18-10-12-20-33(31)39(26-14-6-5-7-15-26)34-21-13-11-19-32(34)37/h5-24H,1-4H3. The lowest BCUT2D eigenvalue weighted by atomic mass is 9.64. The van der Waals surface area contributed by atoms with Crippen LogP contribution in [0.15, 0.2) is 121 Å². The quantitative estimate of drug-likeness (QED) is 0.210. The third-order valence-electron chi connectivity index (χ3n) is 9.71. The van der Waals surface area contributed by atoms with Crippen LogP contribution in [0.2, 0.25) is 0 Å². The molecule has 5 aromatic rings. The maximum atomic E-state index is 6.48. The van der Waals surface area contributed by atoms with E-state index in [1.807, 2.05) is 0 Å². The Balaban J connectivity index is 1.41. The fourth-order valence-corrected chi connectivity index (χ4v) is 7.11. The Bertz CT molecular complexity index is 1760. The molecule has 3 aliphatic rings. The van der Waals surface area contributed by atoms with E-state index in [0.29, 0.717) is 0 Å². The van der Waals surface area contributed by atoms with Gasteiger partial charge in [0.2, 0.25) is 0 Å². The monoisotopic (exact) mass is 533 g/mol. The summed E-state index contributed by atoms with van der Waals surface area (Å²) in [6.07, 6.45) is 0. The summed E-state index contributed by atoms with van der Waals surface area (Å²) < 4.78 is 13.0. The highest BCUT2D eigenvalue weighted by Crippen LogP contribution is 2.63. The molecule has 0 saturated carbocycles. The van der Waals surface area contributed by atoms with Crippen LogP contribution in [-0.2, 0) is 14.7 Å². The van der Waals surface area contributed by atoms with Crippen molar-refractivity contribution in [2.45, 2.75) is 44.3 Å². The van der Waals surface area contributed by atoms with E-state index in [-0.39, 0.29) is 0 Å². The number of rotatable bonds is 2. The third kappa shape index (κ3) is 3.23. The Morgan fingerprint density at radius 1 is 0.512 bits per heavy atom. The van der Waals surface area contributed by atoms with Crippen molar-refractivity contribution in [3.05, 3.63) is 144 Å². The molecule has 0 radical (unpaired) electrons. The van der Waals surface area contributed by atoms with Crippen molar-refractivity contribution >= 4 is 29.6 Å². The largest absolute Gasteiger partial charge is 0.494 e. The molecule has 4 heteroatoms. The summed E-state index contributed by atoms with van der Waals surface area (Å²) in [6.45, 7) is 8.44. The van der Waals surface area contributed by atoms with Crippen LogP contribution in [0.1, 0.15) is 49.9 Å². The Hall–Kier alpha value is -4.12. The summed E-state index contributed by atoms with van der Waals surface area (Å²) in [5.41, 5.74) is 11.1. The molecule has 0 atom stereocenters. The summed E-state index contributed by atoms with van der Waals surface area (Å²) in [5.74, 6) is 0. The van der Waals surface area contributed by atoms with Crippen LogP contribution in [0.3, 0.4) is 0 Å². The lowest BCUT2D eigenvalue weighted by Gasteiger charge is -2.45. The van der Waals surface area contributed by atoms with E-state index in [2.05, 4.69) is 154 Å². The normalized spacial score (nSPS) is 18.5. The summed E-state index contributed by atoms with van der Waals surface area (Å²) in [4.78, 5) is 2.41. The van der Waals surface area contributed by atoms with Crippen LogP contribution in [0.4, 0.5) is 17.1 Å². The molecule has 1 fully saturated rings. The highest BCUT2D eigenvalue weighted by atomic mass is 16.7. The van der Waals surface area contributed by atoms with Crippen molar-refractivity contribution in [3.8, 4) is 11.1 Å². The molecule has 0 unspecified atom stereocenters. The van der Waals surface area contributed by atoms with E-state index in [1.165, 1.54) is 44.8 Å². The summed E-state index contributed by atoms with van der Waals surface area (Å²) in [5, 5.41) is 0. The van der Waals surface area contributed by atoms with Crippen LogP contribution < -0.4 is 10.4 Å². The van der Waals surface area contributed by atoms with Crippen LogP contribution in [0.25, 0.3) is 11.1 Å². The molecule has 0 bridgehead atoms. The Morgan fingerprint density at radius 2 is 1.02 bits per heavy atom. The average Bonchev–Trinajstić information content (AvgIpc) is 3.40. The van der Waals surface area contributed by atoms with Crippen molar-refractivity contribution in [2.75, 3.05) is 4.90 Å². The molecule has 1 saturated heterocycles. The molecule has 5 aromatic carbocycles. The number of fused-ring (bicyclic) bond motifs is 9. The van der Waals surface area contributed by atoms with Gasteiger partial charge < -0.3 is 14.2 Å². The Labute approximate surface area is 242 Å². The third-order valence-corrected chi connectivity index (χ3v) is 9.71. The second-order valence-corrected chi connectivity index (χ2v) is 12.4. The van der Waals surface area contributed by atoms with Crippen molar-refractivity contribution in [2.24, 2.45) is 0 Å². The molecule has 1 aliphatic carbocycles. The molecule has 1 spiro atoms. The van der Waals surface area contributed by atoms with Gasteiger partial charge in [0, 0.05) is 5.69 Å². The van der Waals surface area contributed by atoms with E-state index in [1.54, 1.807) is 0 Å². The highest BCUT2D eigenvalue weighted by Gasteiger charge is 2.54. The van der Waals surface area contributed by atoms with E-state index >= 15 is 0 Å². The van der Waals surface area contributed by atoms with Crippen molar-refractivity contribution in [1.29, 1.82) is 0 Å². The van der Waals surface area contributed by atoms with Crippen LogP contribution in [0.5, 0.6) is 0 Å². The van der Waals surface area contributed by atoms with Crippen molar-refractivity contribution in [3.63, 3.8) is 0 Å². The summed E-state index contributed by atoms with van der Waals surface area (Å²) in [6, 6.07) is 44.3. The molecule has 0 aromatic heterocycles. The zero-order valence-corrected chi connectivity index (χ0v) is 23.9. The first-order valence-corrected chi connectivity index (χ1v) is 14.5. The van der Waals surface area contributed by atoms with E-state index in [0.717, 1.165) is 11.2 Å². The van der Waals surface area contributed by atoms with Crippen LogP contribution >= 0.6 is 0 Å². The number of nitrogens with zero attached hydrogens (tertiary/aromatic N) is 1. The molecule has 3 nitrogen and oxygen atoms in total. The first-order valence-electron chi connectivity index (χ1n) is 14.5. The SMILES string of the molecule is CC1(C)OB(c2ccc3c(c2)-c2ccccc2C32c3ccccc3N(c3ccccc3)c3ccccc32)OC1(C)C. The molecule has 2 aliphatic heterocycles. The average molecular weight is 533 g/mol. The molecule has 2 heterocycles. The molecule has 0 N–H and O–H groups in total. The minimum Gasteiger partial charge on any atom is -0.399 e. The minimum absolute atomic E-state index is 0.391. The lowest BCUT2D eigenvalue weighted by Crippen LogP contribution is -2.41. The molecular weight excluding hydrogens is 501 g/mol. The first kappa shape index (κ1) is 24.7. The predicted molar refractivity (Wildman–Crippen MR) is 168 cm³/mol. The second-order valence-electron chi connectivity index (χ2n) is 12.4. The highest BCUT2D eigenvalue weighted by molar-refractivity contribution is 6.62. The molecule has 0 amide bonds. The van der Waals surface area contributed by atoms with Gasteiger partial charge in [-0.2, -0.15) is 0 Å². The lowest BCUT2D eigenvalue weighted by molar-refractivity contribution is 0.00578. The van der Waals surface area contributed by atoms with Crippen molar-refractivity contribution < 1.29 is 9.31 Å². The number of hydrogen-bond donors (Lipinski definition) is 0. The predicted octanol–water partition coefficient (Wildman–Crippen LogP) is 8.13. The maximum absolute atomic E-state index is 6.48. The van der Waals surface area contributed by atoms with E-state index in [4.69, 9.17) is 9.31 Å². The van der Waals surface area contributed by atoms with Gasteiger partial charge in [0.05, 0.1) is 28.0 Å². The van der Waals surface area contributed by atoms with Crippen LogP contribution in [-0.4, -0.2) is 18.3 Å². The molecule has 41 heavy (non-hydrogen) atoms. The van der Waals surface area contributed by atoms with E-state index < -0.39 is 23.7 Å². The fourth-order valence-electron chi connectivity index (χ4n) is 7.11. The molecule has 200 valence electrons. The zero-order valence-electron chi connectivity index (χ0n) is 23.9. The summed E-state index contributed by atoms with van der Waals surface area (Å²) in [7, 11) is -0.409. The number of hydrogen-bond acceptors (Lipinski definition) is 3. The number of benzene rings is 5. The number of anilines is 3. The minimum atomic E-state index is -0.446. The van der Waals surface area contributed by atoms with Gasteiger partial charge in [-0.3, -0.25) is 0 Å². The fraction of sp³-hybridized carbons (Fsp3) is 0.189. The first-order chi connectivity index (χ1) is 19.8. The Morgan fingerprint density at radius 3 is 1.66 bits per heavy atom. The van der Waals surface area contributed by atoms with Gasteiger partial charge in [-0.25, -0.2) is 0 Å². The van der Waals surface area contributed by atoms with E-state index in [9.17, 15) is 0 Å². The maximum Gasteiger partial charge on any atom is 0.494 e. The van der Waals surface area contributed by atoms with Gasteiger partial charge in [-0.05, 0) is 90.8 Å². The molecular formula is C37H32BNO2. The topological polar surface area (TPSA) is 21.7 Å². The van der Waals surface area contributed by atoms with Gasteiger partial charge in [0.15, 0.2) is 0 Å².